The standard InChI is InChI=1S/C17H25BrN2/c1-12(2)16-11-19-9-5-7-14(19)10-20(16)15-8-4-6-13(3)17(15)18/h4,6,8,12,14,16H,5,7,9-11H2,1-3H3. The Morgan fingerprint density at radius 1 is 1.25 bits per heavy atom. The SMILES string of the molecule is Cc1cccc(N2CC3CCCN3CC2C(C)C)c1Br. The molecular weight excluding hydrogens is 312 g/mol. The lowest BCUT2D eigenvalue weighted by Crippen LogP contribution is -2.58. The molecule has 0 amide bonds. The molecule has 1 aromatic carbocycles. The maximum absolute atomic E-state index is 3.81. The van der Waals surface area contributed by atoms with E-state index in [-0.39, 0.29) is 0 Å². The Morgan fingerprint density at radius 3 is 2.80 bits per heavy atom. The second-order valence-corrected chi connectivity index (χ2v) is 7.46. The summed E-state index contributed by atoms with van der Waals surface area (Å²) in [6.07, 6.45) is 2.74. The second kappa shape index (κ2) is 5.69. The van der Waals surface area contributed by atoms with E-state index in [0.29, 0.717) is 12.0 Å². The van der Waals surface area contributed by atoms with Crippen molar-refractivity contribution in [1.29, 1.82) is 0 Å². The molecule has 2 atom stereocenters. The van der Waals surface area contributed by atoms with Gasteiger partial charge in [-0.25, -0.2) is 0 Å². The van der Waals surface area contributed by atoms with Gasteiger partial charge in [0.05, 0.1) is 5.69 Å². The number of anilines is 1. The van der Waals surface area contributed by atoms with E-state index in [0.717, 1.165) is 6.04 Å². The summed E-state index contributed by atoms with van der Waals surface area (Å²) in [6.45, 7) is 10.6. The first-order chi connectivity index (χ1) is 9.58. The van der Waals surface area contributed by atoms with Crippen LogP contribution in [-0.4, -0.2) is 36.6 Å². The Hall–Kier alpha value is -0.540. The van der Waals surface area contributed by atoms with Crippen molar-refractivity contribution < 1.29 is 0 Å². The number of aryl methyl sites for hydroxylation is 1. The van der Waals surface area contributed by atoms with Crippen molar-refractivity contribution in [3.05, 3.63) is 28.2 Å². The van der Waals surface area contributed by atoms with Crippen LogP contribution < -0.4 is 4.90 Å². The van der Waals surface area contributed by atoms with Gasteiger partial charge in [0.2, 0.25) is 0 Å². The number of benzene rings is 1. The summed E-state index contributed by atoms with van der Waals surface area (Å²) in [6, 6.07) is 8.04. The first-order valence-electron chi connectivity index (χ1n) is 7.83. The van der Waals surface area contributed by atoms with Crippen molar-refractivity contribution >= 4 is 21.6 Å². The molecule has 110 valence electrons. The molecule has 0 radical (unpaired) electrons. The van der Waals surface area contributed by atoms with Crippen molar-refractivity contribution in [2.75, 3.05) is 24.5 Å². The fourth-order valence-corrected chi connectivity index (χ4v) is 4.24. The predicted octanol–water partition coefficient (Wildman–Crippen LogP) is 4.07. The summed E-state index contributed by atoms with van der Waals surface area (Å²) in [4.78, 5) is 5.37. The largest absolute Gasteiger partial charge is 0.365 e. The first kappa shape index (κ1) is 14.4. The second-order valence-electron chi connectivity index (χ2n) is 6.66. The third kappa shape index (κ3) is 2.50. The van der Waals surface area contributed by atoms with Gasteiger partial charge in [-0.05, 0) is 59.8 Å². The molecule has 2 saturated heterocycles. The van der Waals surface area contributed by atoms with Gasteiger partial charge in [-0.2, -0.15) is 0 Å². The molecule has 2 heterocycles. The monoisotopic (exact) mass is 336 g/mol. The highest BCUT2D eigenvalue weighted by molar-refractivity contribution is 9.10. The number of hydrogen-bond acceptors (Lipinski definition) is 2. The molecular formula is C17H25BrN2. The summed E-state index contributed by atoms with van der Waals surface area (Å²) in [5.74, 6) is 0.684. The zero-order valence-corrected chi connectivity index (χ0v) is 14.4. The maximum Gasteiger partial charge on any atom is 0.0516 e. The molecule has 3 rings (SSSR count). The van der Waals surface area contributed by atoms with Gasteiger partial charge in [0.15, 0.2) is 0 Å². The van der Waals surface area contributed by atoms with Crippen LogP contribution in [0.15, 0.2) is 22.7 Å². The highest BCUT2D eigenvalue weighted by Gasteiger charge is 2.38. The summed E-state index contributed by atoms with van der Waals surface area (Å²) >= 11 is 3.81. The molecule has 2 aliphatic heterocycles. The molecule has 0 bridgehead atoms. The van der Waals surface area contributed by atoms with Crippen molar-refractivity contribution in [1.82, 2.24) is 4.90 Å². The lowest BCUT2D eigenvalue weighted by molar-refractivity contribution is 0.176. The molecule has 3 heteroatoms. The van der Waals surface area contributed by atoms with Crippen LogP contribution in [0, 0.1) is 12.8 Å². The molecule has 0 saturated carbocycles. The molecule has 0 aromatic heterocycles. The Kier molecular flexibility index (Phi) is 4.09. The Balaban J connectivity index is 1.94. The number of halogens is 1. The van der Waals surface area contributed by atoms with Gasteiger partial charge in [-0.15, -0.1) is 0 Å². The fourth-order valence-electron chi connectivity index (χ4n) is 3.74. The first-order valence-corrected chi connectivity index (χ1v) is 8.63. The van der Waals surface area contributed by atoms with Crippen molar-refractivity contribution in [3.63, 3.8) is 0 Å². The van der Waals surface area contributed by atoms with Crippen LogP contribution in [-0.2, 0) is 0 Å². The molecule has 2 unspecified atom stereocenters. The minimum Gasteiger partial charge on any atom is -0.365 e. The summed E-state index contributed by atoms with van der Waals surface area (Å²) < 4.78 is 1.28. The van der Waals surface area contributed by atoms with E-state index in [1.807, 2.05) is 0 Å². The molecule has 20 heavy (non-hydrogen) atoms. The molecule has 0 spiro atoms. The van der Waals surface area contributed by atoms with Gasteiger partial charge in [-0.3, -0.25) is 4.90 Å². The van der Waals surface area contributed by atoms with E-state index in [9.17, 15) is 0 Å². The van der Waals surface area contributed by atoms with Gasteiger partial charge in [0.25, 0.3) is 0 Å². The Bertz CT molecular complexity index is 486. The van der Waals surface area contributed by atoms with E-state index < -0.39 is 0 Å². The third-order valence-corrected chi connectivity index (χ3v) is 6.01. The van der Waals surface area contributed by atoms with Gasteiger partial charge >= 0.3 is 0 Å². The molecule has 2 nitrogen and oxygen atoms in total. The third-order valence-electron chi connectivity index (χ3n) is 4.98. The van der Waals surface area contributed by atoms with Crippen LogP contribution in [0.5, 0.6) is 0 Å². The number of hydrogen-bond donors (Lipinski definition) is 0. The average Bonchev–Trinajstić information content (AvgIpc) is 2.87. The summed E-state index contributed by atoms with van der Waals surface area (Å²) in [5, 5.41) is 0. The minimum atomic E-state index is 0.627. The maximum atomic E-state index is 3.81. The minimum absolute atomic E-state index is 0.627. The molecule has 1 aromatic rings. The van der Waals surface area contributed by atoms with Gasteiger partial charge in [0, 0.05) is 29.6 Å². The molecule has 0 aliphatic carbocycles. The number of rotatable bonds is 2. The summed E-state index contributed by atoms with van der Waals surface area (Å²) in [7, 11) is 0. The van der Waals surface area contributed by atoms with E-state index in [1.54, 1.807) is 0 Å². The van der Waals surface area contributed by atoms with Gasteiger partial charge in [0.1, 0.15) is 0 Å². The van der Waals surface area contributed by atoms with E-state index >= 15 is 0 Å². The van der Waals surface area contributed by atoms with Crippen molar-refractivity contribution in [2.24, 2.45) is 5.92 Å². The number of nitrogens with zero attached hydrogens (tertiary/aromatic N) is 2. The van der Waals surface area contributed by atoms with Gasteiger partial charge < -0.3 is 4.90 Å². The highest BCUT2D eigenvalue weighted by Crippen LogP contribution is 2.36. The van der Waals surface area contributed by atoms with Crippen LogP contribution in [0.2, 0.25) is 0 Å². The quantitative estimate of drug-likeness (QED) is 0.803. The van der Waals surface area contributed by atoms with Crippen LogP contribution >= 0.6 is 15.9 Å². The Labute approximate surface area is 131 Å². The summed E-state index contributed by atoms with van der Waals surface area (Å²) in [5.41, 5.74) is 2.72. The van der Waals surface area contributed by atoms with E-state index in [1.165, 1.54) is 48.2 Å². The molecule has 0 N–H and O–H groups in total. The fraction of sp³-hybridized carbons (Fsp3) is 0.647. The average molecular weight is 337 g/mol. The lowest BCUT2D eigenvalue weighted by Gasteiger charge is -2.47. The van der Waals surface area contributed by atoms with E-state index in [2.05, 4.69) is 64.7 Å². The number of piperazine rings is 1. The highest BCUT2D eigenvalue weighted by atomic mass is 79.9. The smallest absolute Gasteiger partial charge is 0.0516 e. The topological polar surface area (TPSA) is 6.48 Å². The van der Waals surface area contributed by atoms with Crippen LogP contribution in [0.4, 0.5) is 5.69 Å². The normalized spacial score (nSPS) is 27.1. The number of fused-ring (bicyclic) bond motifs is 1. The Morgan fingerprint density at radius 2 is 2.05 bits per heavy atom. The predicted molar refractivity (Wildman–Crippen MR) is 89.4 cm³/mol. The van der Waals surface area contributed by atoms with Crippen LogP contribution in [0.25, 0.3) is 0 Å². The van der Waals surface area contributed by atoms with E-state index in [4.69, 9.17) is 0 Å². The van der Waals surface area contributed by atoms with Crippen molar-refractivity contribution in [2.45, 2.75) is 45.7 Å². The lowest BCUT2D eigenvalue weighted by atomic mass is 9.96. The van der Waals surface area contributed by atoms with Crippen molar-refractivity contribution in [3.8, 4) is 0 Å². The zero-order valence-electron chi connectivity index (χ0n) is 12.8. The molecule has 2 fully saturated rings. The van der Waals surface area contributed by atoms with Gasteiger partial charge in [-0.1, -0.05) is 26.0 Å². The zero-order chi connectivity index (χ0) is 14.3. The van der Waals surface area contributed by atoms with Crippen LogP contribution in [0.3, 0.4) is 0 Å². The van der Waals surface area contributed by atoms with Crippen LogP contribution in [0.1, 0.15) is 32.3 Å². The molecule has 2 aliphatic rings.